The average molecular weight is 486 g/mol. The molecule has 5 rings (SSSR count). The van der Waals surface area contributed by atoms with E-state index in [0.717, 1.165) is 39.7 Å². The van der Waals surface area contributed by atoms with Crippen molar-refractivity contribution < 1.29 is 9.53 Å². The summed E-state index contributed by atoms with van der Waals surface area (Å²) in [5.74, 6) is 1.44. The van der Waals surface area contributed by atoms with Gasteiger partial charge in [-0.3, -0.25) is 4.79 Å². The van der Waals surface area contributed by atoms with Gasteiger partial charge in [0.15, 0.2) is 5.78 Å². The Labute approximate surface area is 187 Å². The first-order valence-corrected chi connectivity index (χ1v) is 10.9. The molecule has 0 spiro atoms. The van der Waals surface area contributed by atoms with Crippen LogP contribution in [0.4, 0.5) is 5.95 Å². The van der Waals surface area contributed by atoms with E-state index in [0.29, 0.717) is 29.7 Å². The second-order valence-electron chi connectivity index (χ2n) is 7.29. The molecule has 30 heavy (non-hydrogen) atoms. The van der Waals surface area contributed by atoms with Crippen molar-refractivity contribution >= 4 is 39.3 Å². The molecule has 3 aromatic rings. The monoisotopic (exact) mass is 484 g/mol. The summed E-state index contributed by atoms with van der Waals surface area (Å²) in [6.07, 6.45) is 3.68. The summed E-state index contributed by atoms with van der Waals surface area (Å²) in [4.78, 5) is 17.3. The number of carbonyl (C=O) groups is 1. The van der Waals surface area contributed by atoms with Gasteiger partial charge in [-0.15, -0.1) is 0 Å². The lowest BCUT2D eigenvalue weighted by Crippen LogP contribution is -2.31. The maximum Gasteiger partial charge on any atom is 0.226 e. The predicted molar refractivity (Wildman–Crippen MR) is 118 cm³/mol. The number of ether oxygens (including phenoxy) is 1. The molecule has 6 nitrogen and oxygen atoms in total. The zero-order valence-electron chi connectivity index (χ0n) is 15.9. The topological polar surface area (TPSA) is 69.0 Å². The van der Waals surface area contributed by atoms with Crippen molar-refractivity contribution in [1.82, 2.24) is 14.8 Å². The quantitative estimate of drug-likeness (QED) is 0.543. The number of Topliss-reactive ketones (excluding diaryl/α,β-unsaturated/α-hetero) is 1. The van der Waals surface area contributed by atoms with Gasteiger partial charge in [-0.05, 0) is 37.1 Å². The van der Waals surface area contributed by atoms with E-state index in [9.17, 15) is 4.79 Å². The Kier molecular flexibility index (Phi) is 5.08. The highest BCUT2D eigenvalue weighted by molar-refractivity contribution is 9.10. The van der Waals surface area contributed by atoms with Gasteiger partial charge >= 0.3 is 0 Å². The Morgan fingerprint density at radius 1 is 1.23 bits per heavy atom. The highest BCUT2D eigenvalue weighted by Crippen LogP contribution is 2.43. The molecule has 0 bridgehead atoms. The largest absolute Gasteiger partial charge is 0.488 e. The van der Waals surface area contributed by atoms with E-state index in [2.05, 4.69) is 31.3 Å². The van der Waals surface area contributed by atoms with Crippen LogP contribution >= 0.6 is 27.5 Å². The van der Waals surface area contributed by atoms with Crippen LogP contribution in [0, 0.1) is 0 Å². The van der Waals surface area contributed by atoms with E-state index in [1.807, 2.05) is 42.5 Å². The van der Waals surface area contributed by atoms with Crippen molar-refractivity contribution in [2.24, 2.45) is 0 Å². The highest BCUT2D eigenvalue weighted by atomic mass is 79.9. The minimum absolute atomic E-state index is 0.131. The molecular weight excluding hydrogens is 468 g/mol. The second kappa shape index (κ2) is 7.89. The number of anilines is 1. The molecule has 1 aliphatic carbocycles. The van der Waals surface area contributed by atoms with Crippen LogP contribution < -0.4 is 10.1 Å². The zero-order chi connectivity index (χ0) is 20.7. The summed E-state index contributed by atoms with van der Waals surface area (Å²) < 4.78 is 8.85. The van der Waals surface area contributed by atoms with Crippen LogP contribution in [0.25, 0.3) is 0 Å². The molecule has 2 heterocycles. The number of nitrogens with zero attached hydrogens (tertiary/aromatic N) is 3. The van der Waals surface area contributed by atoms with Gasteiger partial charge in [-0.2, -0.15) is 10.1 Å². The second-order valence-corrected chi connectivity index (χ2v) is 8.61. The van der Waals surface area contributed by atoms with Crippen molar-refractivity contribution in [2.75, 3.05) is 5.32 Å². The zero-order valence-corrected chi connectivity index (χ0v) is 18.3. The Hall–Kier alpha value is -2.64. The average Bonchev–Trinajstić information content (AvgIpc) is 3.21. The number of ketones is 1. The number of hydrogen-bond donors (Lipinski definition) is 1. The molecule has 0 amide bonds. The van der Waals surface area contributed by atoms with E-state index >= 15 is 0 Å². The van der Waals surface area contributed by atoms with Gasteiger partial charge < -0.3 is 10.1 Å². The maximum atomic E-state index is 12.9. The molecule has 0 saturated heterocycles. The van der Waals surface area contributed by atoms with Crippen molar-refractivity contribution in [3.05, 3.63) is 80.7 Å². The van der Waals surface area contributed by atoms with Crippen molar-refractivity contribution in [1.29, 1.82) is 0 Å². The van der Waals surface area contributed by atoms with Gasteiger partial charge in [0.1, 0.15) is 24.7 Å². The number of hydrogen-bond acceptors (Lipinski definition) is 5. The number of aromatic nitrogens is 3. The van der Waals surface area contributed by atoms with Crippen LogP contribution in [0.3, 0.4) is 0 Å². The van der Waals surface area contributed by atoms with Crippen LogP contribution in [0.5, 0.6) is 5.75 Å². The van der Waals surface area contributed by atoms with Crippen LogP contribution in [0.1, 0.15) is 36.4 Å². The van der Waals surface area contributed by atoms with E-state index in [4.69, 9.17) is 16.3 Å². The van der Waals surface area contributed by atoms with E-state index in [1.165, 1.54) is 6.33 Å². The number of allylic oxidation sites excluding steroid dienone is 2. The highest BCUT2D eigenvalue weighted by Gasteiger charge is 2.37. The molecule has 2 aliphatic rings. The lowest BCUT2D eigenvalue weighted by atomic mass is 9.85. The molecule has 1 aromatic heterocycles. The van der Waals surface area contributed by atoms with Gasteiger partial charge in [0.25, 0.3) is 0 Å². The normalized spacial score (nSPS) is 17.9. The van der Waals surface area contributed by atoms with Crippen molar-refractivity contribution in [3.63, 3.8) is 0 Å². The third-order valence-corrected chi connectivity index (χ3v) is 6.28. The molecule has 152 valence electrons. The summed E-state index contributed by atoms with van der Waals surface area (Å²) in [6, 6.07) is 13.0. The van der Waals surface area contributed by atoms with Crippen LogP contribution in [-0.4, -0.2) is 20.5 Å². The van der Waals surface area contributed by atoms with Gasteiger partial charge in [0, 0.05) is 38.3 Å². The van der Waals surface area contributed by atoms with Gasteiger partial charge in [-0.25, -0.2) is 4.68 Å². The summed E-state index contributed by atoms with van der Waals surface area (Å²) >= 11 is 9.86. The third-order valence-electron chi connectivity index (χ3n) is 5.42. The molecule has 1 N–H and O–H groups in total. The van der Waals surface area contributed by atoms with Gasteiger partial charge in [0.2, 0.25) is 5.95 Å². The standard InChI is InChI=1S/C22H18BrClN4O2/c23-14-8-9-19(30-11-13-4-1-2-5-16(13)24)15(10-14)21-20-17(6-3-7-18(20)29)27-22-25-12-26-28(21)22/h1-2,4-5,8-10,12,21H,3,6-7,11H2,(H,25,26,27). The first-order chi connectivity index (χ1) is 14.6. The molecule has 1 unspecified atom stereocenters. The number of halogens is 2. The molecule has 2 aromatic carbocycles. The Bertz CT molecular complexity index is 1170. The molecule has 0 fully saturated rings. The number of benzene rings is 2. The Balaban J connectivity index is 1.59. The number of fused-ring (bicyclic) bond motifs is 1. The van der Waals surface area contributed by atoms with E-state index in [-0.39, 0.29) is 5.78 Å². The fraction of sp³-hybridized carbons (Fsp3) is 0.227. The fourth-order valence-electron chi connectivity index (χ4n) is 4.02. The molecule has 1 atom stereocenters. The molecule has 0 radical (unpaired) electrons. The number of rotatable bonds is 4. The van der Waals surface area contributed by atoms with Crippen LogP contribution in [0.15, 0.2) is 64.5 Å². The molecule has 0 saturated carbocycles. The lowest BCUT2D eigenvalue weighted by molar-refractivity contribution is -0.116. The number of nitrogens with one attached hydrogen (secondary N) is 1. The van der Waals surface area contributed by atoms with Gasteiger partial charge in [-0.1, -0.05) is 45.7 Å². The van der Waals surface area contributed by atoms with E-state index < -0.39 is 6.04 Å². The first kappa shape index (κ1) is 19.3. The van der Waals surface area contributed by atoms with Crippen LogP contribution in [0.2, 0.25) is 5.02 Å². The predicted octanol–water partition coefficient (Wildman–Crippen LogP) is 5.30. The fourth-order valence-corrected chi connectivity index (χ4v) is 4.59. The Morgan fingerprint density at radius 3 is 2.97 bits per heavy atom. The first-order valence-electron chi connectivity index (χ1n) is 9.70. The third kappa shape index (κ3) is 3.42. The van der Waals surface area contributed by atoms with Crippen molar-refractivity contribution in [2.45, 2.75) is 31.9 Å². The molecular formula is C22H18BrClN4O2. The molecule has 1 aliphatic heterocycles. The maximum absolute atomic E-state index is 12.9. The minimum Gasteiger partial charge on any atom is -0.488 e. The molecule has 8 heteroatoms. The van der Waals surface area contributed by atoms with Crippen LogP contribution in [-0.2, 0) is 11.4 Å². The minimum atomic E-state index is -0.398. The summed E-state index contributed by atoms with van der Waals surface area (Å²) in [5, 5.41) is 8.35. The SMILES string of the molecule is O=C1CCCC2=C1C(c1cc(Br)ccc1OCc1ccccc1Cl)n1ncnc1N2. The van der Waals surface area contributed by atoms with E-state index in [1.54, 1.807) is 4.68 Å². The van der Waals surface area contributed by atoms with Gasteiger partial charge in [0.05, 0.1) is 0 Å². The number of carbonyl (C=O) groups excluding carboxylic acids is 1. The smallest absolute Gasteiger partial charge is 0.226 e. The van der Waals surface area contributed by atoms with Crippen molar-refractivity contribution in [3.8, 4) is 5.75 Å². The summed E-state index contributed by atoms with van der Waals surface area (Å²) in [7, 11) is 0. The lowest BCUT2D eigenvalue weighted by Gasteiger charge is -2.33. The summed E-state index contributed by atoms with van der Waals surface area (Å²) in [5.41, 5.74) is 3.41. The summed E-state index contributed by atoms with van der Waals surface area (Å²) in [6.45, 7) is 0.323. The Morgan fingerprint density at radius 2 is 2.10 bits per heavy atom.